The summed E-state index contributed by atoms with van der Waals surface area (Å²) in [7, 11) is 0. The fourth-order valence-electron chi connectivity index (χ4n) is 1.96. The van der Waals surface area contributed by atoms with E-state index in [1.807, 2.05) is 0 Å². The maximum atomic E-state index is 11.8. The van der Waals surface area contributed by atoms with Crippen molar-refractivity contribution in [1.29, 1.82) is 0 Å². The topological polar surface area (TPSA) is 82.9 Å². The first-order valence-corrected chi connectivity index (χ1v) is 5.86. The molecule has 1 aromatic heterocycles. The molecule has 2 unspecified atom stereocenters. The Balaban J connectivity index is 2.25. The normalized spacial score (nSPS) is 23.2. The van der Waals surface area contributed by atoms with Crippen LogP contribution in [-0.4, -0.2) is 53.1 Å². The molecular weight excluding hydrogens is 236 g/mol. The lowest BCUT2D eigenvalue weighted by molar-refractivity contribution is 0.0526. The summed E-state index contributed by atoms with van der Waals surface area (Å²) in [6.07, 6.45) is -0.0705. The lowest BCUT2D eigenvalue weighted by Gasteiger charge is -2.18. The maximum Gasteiger partial charge on any atom is 0.341 e. The number of aliphatic hydroxyl groups is 2. The number of carbonyl (C=O) groups is 1. The summed E-state index contributed by atoms with van der Waals surface area (Å²) in [5.74, 6) is -0.0111. The highest BCUT2D eigenvalue weighted by molar-refractivity contribution is 5.94. The Bertz CT molecular complexity index is 428. The van der Waals surface area contributed by atoms with E-state index in [0.29, 0.717) is 18.0 Å². The molecule has 0 spiro atoms. The number of β-amino-alcohol motifs (C(OH)–C–C–N with tert-alkyl or cyclic N) is 2. The Morgan fingerprint density at radius 2 is 2.17 bits per heavy atom. The molecule has 1 aromatic rings. The predicted octanol–water partition coefficient (Wildman–Crippen LogP) is -0.200. The Morgan fingerprint density at radius 3 is 2.78 bits per heavy atom. The van der Waals surface area contributed by atoms with E-state index < -0.39 is 18.2 Å². The van der Waals surface area contributed by atoms with Crippen molar-refractivity contribution in [2.75, 3.05) is 24.6 Å². The molecule has 1 aliphatic rings. The van der Waals surface area contributed by atoms with Crippen molar-refractivity contribution >= 4 is 11.8 Å². The van der Waals surface area contributed by atoms with Gasteiger partial charge in [-0.3, -0.25) is 0 Å². The molecular formula is C12H16N2O4. The van der Waals surface area contributed by atoms with Gasteiger partial charge in [0.2, 0.25) is 0 Å². The number of rotatable bonds is 3. The molecule has 2 rings (SSSR count). The average molecular weight is 252 g/mol. The largest absolute Gasteiger partial charge is 0.462 e. The van der Waals surface area contributed by atoms with Crippen LogP contribution >= 0.6 is 0 Å². The third-order valence-corrected chi connectivity index (χ3v) is 2.84. The monoisotopic (exact) mass is 252 g/mol. The molecule has 6 heteroatoms. The Labute approximate surface area is 105 Å². The number of hydrogen-bond acceptors (Lipinski definition) is 6. The van der Waals surface area contributed by atoms with E-state index in [1.165, 1.54) is 0 Å². The summed E-state index contributed by atoms with van der Waals surface area (Å²) >= 11 is 0. The molecule has 0 aliphatic carbocycles. The van der Waals surface area contributed by atoms with E-state index in [1.54, 1.807) is 30.2 Å². The second-order valence-electron chi connectivity index (χ2n) is 4.13. The first-order valence-electron chi connectivity index (χ1n) is 5.86. The van der Waals surface area contributed by atoms with Gasteiger partial charge in [-0.15, -0.1) is 0 Å². The lowest BCUT2D eigenvalue weighted by Crippen LogP contribution is -2.25. The zero-order valence-electron chi connectivity index (χ0n) is 10.1. The molecule has 0 radical (unpaired) electrons. The van der Waals surface area contributed by atoms with E-state index in [0.717, 1.165) is 0 Å². The summed E-state index contributed by atoms with van der Waals surface area (Å²) in [6, 6.07) is 3.27. The second kappa shape index (κ2) is 5.32. The number of aromatic nitrogens is 1. The van der Waals surface area contributed by atoms with Gasteiger partial charge in [-0.1, -0.05) is 0 Å². The molecule has 1 saturated heterocycles. The van der Waals surface area contributed by atoms with Crippen LogP contribution in [0.1, 0.15) is 17.3 Å². The van der Waals surface area contributed by atoms with Crippen LogP contribution in [0.15, 0.2) is 18.3 Å². The summed E-state index contributed by atoms with van der Waals surface area (Å²) in [6.45, 7) is 2.53. The van der Waals surface area contributed by atoms with E-state index in [9.17, 15) is 15.0 Å². The predicted molar refractivity (Wildman–Crippen MR) is 64.4 cm³/mol. The third kappa shape index (κ3) is 2.44. The van der Waals surface area contributed by atoms with Gasteiger partial charge in [0.25, 0.3) is 0 Å². The highest BCUT2D eigenvalue weighted by Crippen LogP contribution is 2.23. The van der Waals surface area contributed by atoms with Crippen molar-refractivity contribution in [3.8, 4) is 0 Å². The van der Waals surface area contributed by atoms with Crippen molar-refractivity contribution in [1.82, 2.24) is 4.98 Å². The number of anilines is 1. The molecule has 1 aliphatic heterocycles. The molecule has 98 valence electrons. The quantitative estimate of drug-likeness (QED) is 0.725. The van der Waals surface area contributed by atoms with E-state index in [-0.39, 0.29) is 13.1 Å². The van der Waals surface area contributed by atoms with Gasteiger partial charge >= 0.3 is 5.97 Å². The highest BCUT2D eigenvalue weighted by atomic mass is 16.5. The number of hydrogen-bond donors (Lipinski definition) is 2. The third-order valence-electron chi connectivity index (χ3n) is 2.84. The maximum absolute atomic E-state index is 11.8. The Hall–Kier alpha value is -1.66. The zero-order chi connectivity index (χ0) is 13.1. The van der Waals surface area contributed by atoms with Crippen LogP contribution < -0.4 is 4.90 Å². The minimum absolute atomic E-state index is 0.255. The van der Waals surface area contributed by atoms with Crippen molar-refractivity contribution in [3.63, 3.8) is 0 Å². The van der Waals surface area contributed by atoms with Crippen LogP contribution in [0.25, 0.3) is 0 Å². The second-order valence-corrected chi connectivity index (χ2v) is 4.13. The van der Waals surface area contributed by atoms with Crippen LogP contribution in [0.4, 0.5) is 5.82 Å². The van der Waals surface area contributed by atoms with Crippen molar-refractivity contribution in [3.05, 3.63) is 23.9 Å². The molecule has 2 heterocycles. The van der Waals surface area contributed by atoms with Crippen molar-refractivity contribution in [2.24, 2.45) is 0 Å². The minimum Gasteiger partial charge on any atom is -0.462 e. The van der Waals surface area contributed by atoms with Gasteiger partial charge in [-0.25, -0.2) is 9.78 Å². The molecule has 6 nitrogen and oxygen atoms in total. The molecule has 0 saturated carbocycles. The van der Waals surface area contributed by atoms with Gasteiger partial charge in [0.15, 0.2) is 0 Å². The summed E-state index contributed by atoms with van der Waals surface area (Å²) in [5.41, 5.74) is 0.348. The molecule has 18 heavy (non-hydrogen) atoms. The molecule has 2 atom stereocenters. The fraction of sp³-hybridized carbons (Fsp3) is 0.500. The smallest absolute Gasteiger partial charge is 0.341 e. The van der Waals surface area contributed by atoms with Gasteiger partial charge in [0.1, 0.15) is 11.4 Å². The molecule has 0 amide bonds. The first kappa shape index (κ1) is 12.8. The molecule has 1 fully saturated rings. The van der Waals surface area contributed by atoms with Gasteiger partial charge in [0, 0.05) is 19.3 Å². The standard InChI is InChI=1S/C12H16N2O4/c1-2-18-12(17)8-4-3-5-13-11(8)14-6-9(15)10(16)7-14/h3-5,9-10,15-16H,2,6-7H2,1H3. The summed E-state index contributed by atoms with van der Waals surface area (Å²) in [4.78, 5) is 17.6. The van der Waals surface area contributed by atoms with Crippen LogP contribution in [0, 0.1) is 0 Å². The van der Waals surface area contributed by atoms with Gasteiger partial charge in [0.05, 0.1) is 18.8 Å². The highest BCUT2D eigenvalue weighted by Gasteiger charge is 2.32. The van der Waals surface area contributed by atoms with E-state index in [2.05, 4.69) is 4.98 Å². The van der Waals surface area contributed by atoms with Crippen LogP contribution in [0.5, 0.6) is 0 Å². The molecule has 2 N–H and O–H groups in total. The number of ether oxygens (including phenoxy) is 1. The van der Waals surface area contributed by atoms with Crippen molar-refractivity contribution in [2.45, 2.75) is 19.1 Å². The lowest BCUT2D eigenvalue weighted by atomic mass is 10.2. The number of aliphatic hydroxyl groups excluding tert-OH is 2. The van der Waals surface area contributed by atoms with Gasteiger partial charge < -0.3 is 19.8 Å². The SMILES string of the molecule is CCOC(=O)c1cccnc1N1CC(O)C(O)C1. The number of pyridine rings is 1. The van der Waals surface area contributed by atoms with Crippen LogP contribution in [-0.2, 0) is 4.74 Å². The molecule has 0 aromatic carbocycles. The van der Waals surface area contributed by atoms with Crippen LogP contribution in [0.3, 0.4) is 0 Å². The fourth-order valence-corrected chi connectivity index (χ4v) is 1.96. The number of carbonyl (C=O) groups excluding carboxylic acids is 1. The zero-order valence-corrected chi connectivity index (χ0v) is 10.1. The average Bonchev–Trinajstić information content (AvgIpc) is 2.70. The summed E-state index contributed by atoms with van der Waals surface area (Å²) in [5, 5.41) is 19.1. The van der Waals surface area contributed by atoms with Gasteiger partial charge in [-0.05, 0) is 19.1 Å². The van der Waals surface area contributed by atoms with Crippen LogP contribution in [0.2, 0.25) is 0 Å². The Morgan fingerprint density at radius 1 is 1.50 bits per heavy atom. The summed E-state index contributed by atoms with van der Waals surface area (Å²) < 4.78 is 4.95. The Kier molecular flexibility index (Phi) is 3.78. The minimum atomic E-state index is -0.818. The van der Waals surface area contributed by atoms with Gasteiger partial charge in [-0.2, -0.15) is 0 Å². The van der Waals surface area contributed by atoms with Crippen molar-refractivity contribution < 1.29 is 19.7 Å². The molecule has 0 bridgehead atoms. The van der Waals surface area contributed by atoms with E-state index >= 15 is 0 Å². The number of nitrogens with zero attached hydrogens (tertiary/aromatic N) is 2. The number of esters is 1. The van der Waals surface area contributed by atoms with E-state index in [4.69, 9.17) is 4.74 Å². The first-order chi connectivity index (χ1) is 8.63.